The van der Waals surface area contributed by atoms with E-state index in [0.29, 0.717) is 13.0 Å². The van der Waals surface area contributed by atoms with Gasteiger partial charge in [-0.2, -0.15) is 0 Å². The number of carbonyl (C=O) groups is 2. The van der Waals surface area contributed by atoms with E-state index in [1.165, 1.54) is 0 Å². The molecule has 5 nitrogen and oxygen atoms in total. The van der Waals surface area contributed by atoms with Gasteiger partial charge in [0.25, 0.3) is 0 Å². The minimum Gasteiger partial charge on any atom is -0.357 e. The van der Waals surface area contributed by atoms with Crippen molar-refractivity contribution in [2.75, 3.05) is 13.6 Å². The number of nitrogens with one attached hydrogen (secondary N) is 1. The van der Waals surface area contributed by atoms with Crippen LogP contribution in [0.2, 0.25) is 0 Å². The average molecular weight is 241 g/mol. The molecule has 2 unspecified atom stereocenters. The van der Waals surface area contributed by atoms with Crippen molar-refractivity contribution in [3.05, 3.63) is 0 Å². The second kappa shape index (κ2) is 6.59. The maximum atomic E-state index is 12.0. The van der Waals surface area contributed by atoms with E-state index in [2.05, 4.69) is 5.32 Å². The fourth-order valence-corrected chi connectivity index (χ4v) is 2.22. The summed E-state index contributed by atoms with van der Waals surface area (Å²) >= 11 is 0. The first-order valence-electron chi connectivity index (χ1n) is 6.33. The van der Waals surface area contributed by atoms with Crippen molar-refractivity contribution in [2.45, 2.75) is 51.1 Å². The maximum absolute atomic E-state index is 12.0. The number of rotatable bonds is 5. The molecule has 0 aromatic rings. The predicted octanol–water partition coefficient (Wildman–Crippen LogP) is 0.241. The number of likely N-dealkylation sites (tertiary alicyclic amines) is 1. The van der Waals surface area contributed by atoms with Gasteiger partial charge in [0, 0.05) is 26.1 Å². The van der Waals surface area contributed by atoms with E-state index in [1.54, 1.807) is 11.9 Å². The summed E-state index contributed by atoms with van der Waals surface area (Å²) in [5.41, 5.74) is 5.64. The zero-order valence-corrected chi connectivity index (χ0v) is 10.7. The molecule has 3 N–H and O–H groups in total. The SMILES string of the molecule is CNC(=O)C1CCCN1C(=O)CCCC(C)N. The second-order valence-electron chi connectivity index (χ2n) is 4.73. The average Bonchev–Trinajstić information content (AvgIpc) is 2.76. The van der Waals surface area contributed by atoms with Crippen molar-refractivity contribution < 1.29 is 9.59 Å². The minimum absolute atomic E-state index is 0.0527. The lowest BCUT2D eigenvalue weighted by Crippen LogP contribution is -2.44. The summed E-state index contributed by atoms with van der Waals surface area (Å²) < 4.78 is 0. The Kier molecular flexibility index (Phi) is 5.41. The van der Waals surface area contributed by atoms with Crippen molar-refractivity contribution in [1.82, 2.24) is 10.2 Å². The third-order valence-electron chi connectivity index (χ3n) is 3.17. The molecule has 0 bridgehead atoms. The first kappa shape index (κ1) is 14.0. The monoisotopic (exact) mass is 241 g/mol. The largest absolute Gasteiger partial charge is 0.357 e. The fourth-order valence-electron chi connectivity index (χ4n) is 2.22. The zero-order valence-electron chi connectivity index (χ0n) is 10.7. The van der Waals surface area contributed by atoms with Gasteiger partial charge in [0.15, 0.2) is 0 Å². The highest BCUT2D eigenvalue weighted by molar-refractivity contribution is 5.88. The minimum atomic E-state index is -0.261. The normalized spacial score (nSPS) is 21.4. The van der Waals surface area contributed by atoms with Crippen molar-refractivity contribution in [2.24, 2.45) is 5.73 Å². The van der Waals surface area contributed by atoms with Crippen LogP contribution in [0.1, 0.15) is 39.0 Å². The highest BCUT2D eigenvalue weighted by Crippen LogP contribution is 2.19. The molecule has 0 aromatic carbocycles. The Labute approximate surface area is 103 Å². The third-order valence-corrected chi connectivity index (χ3v) is 3.17. The van der Waals surface area contributed by atoms with Crippen LogP contribution in [0.3, 0.4) is 0 Å². The first-order chi connectivity index (χ1) is 8.06. The van der Waals surface area contributed by atoms with Crippen LogP contribution in [-0.4, -0.2) is 42.4 Å². The number of nitrogens with two attached hydrogens (primary N) is 1. The summed E-state index contributed by atoms with van der Waals surface area (Å²) in [6.45, 7) is 2.64. The van der Waals surface area contributed by atoms with E-state index < -0.39 is 0 Å². The Bertz CT molecular complexity index is 279. The highest BCUT2D eigenvalue weighted by atomic mass is 16.2. The smallest absolute Gasteiger partial charge is 0.242 e. The molecule has 0 spiro atoms. The van der Waals surface area contributed by atoms with Gasteiger partial charge in [0.05, 0.1) is 0 Å². The lowest BCUT2D eigenvalue weighted by atomic mass is 10.1. The van der Waals surface area contributed by atoms with E-state index in [-0.39, 0.29) is 23.9 Å². The second-order valence-corrected chi connectivity index (χ2v) is 4.73. The molecule has 2 amide bonds. The summed E-state index contributed by atoms with van der Waals surface area (Å²) in [5, 5.41) is 2.61. The first-order valence-corrected chi connectivity index (χ1v) is 6.33. The van der Waals surface area contributed by atoms with Crippen molar-refractivity contribution in [3.63, 3.8) is 0 Å². The van der Waals surface area contributed by atoms with Gasteiger partial charge in [0.1, 0.15) is 6.04 Å². The fraction of sp³-hybridized carbons (Fsp3) is 0.833. The molecule has 0 aromatic heterocycles. The molecule has 17 heavy (non-hydrogen) atoms. The van der Waals surface area contributed by atoms with Crippen LogP contribution in [-0.2, 0) is 9.59 Å². The highest BCUT2D eigenvalue weighted by Gasteiger charge is 2.32. The molecule has 2 atom stereocenters. The molecule has 5 heteroatoms. The van der Waals surface area contributed by atoms with Crippen LogP contribution < -0.4 is 11.1 Å². The number of nitrogens with zero attached hydrogens (tertiary/aromatic N) is 1. The van der Waals surface area contributed by atoms with Crippen LogP contribution in [0.15, 0.2) is 0 Å². The van der Waals surface area contributed by atoms with E-state index in [1.807, 2.05) is 6.92 Å². The molecular weight excluding hydrogens is 218 g/mol. The van der Waals surface area contributed by atoms with Crippen molar-refractivity contribution in [3.8, 4) is 0 Å². The van der Waals surface area contributed by atoms with E-state index >= 15 is 0 Å². The number of hydrogen-bond donors (Lipinski definition) is 2. The Morgan fingerprint density at radius 2 is 2.24 bits per heavy atom. The molecule has 0 radical (unpaired) electrons. The van der Waals surface area contributed by atoms with Gasteiger partial charge < -0.3 is 16.0 Å². The Morgan fingerprint density at radius 1 is 1.53 bits per heavy atom. The van der Waals surface area contributed by atoms with Gasteiger partial charge in [-0.05, 0) is 32.6 Å². The lowest BCUT2D eigenvalue weighted by Gasteiger charge is -2.23. The van der Waals surface area contributed by atoms with Crippen LogP contribution in [0.25, 0.3) is 0 Å². The molecule has 0 aliphatic carbocycles. The van der Waals surface area contributed by atoms with Crippen molar-refractivity contribution >= 4 is 11.8 Å². The number of carbonyl (C=O) groups excluding carboxylic acids is 2. The van der Waals surface area contributed by atoms with Crippen LogP contribution >= 0.6 is 0 Å². The standard InChI is InChI=1S/C12H23N3O2/c1-9(13)5-3-7-11(16)15-8-4-6-10(15)12(17)14-2/h9-10H,3-8,13H2,1-2H3,(H,14,17). The molecule has 1 heterocycles. The Hall–Kier alpha value is -1.10. The summed E-state index contributed by atoms with van der Waals surface area (Å²) in [4.78, 5) is 25.3. The quantitative estimate of drug-likeness (QED) is 0.724. The van der Waals surface area contributed by atoms with Gasteiger partial charge in [-0.1, -0.05) is 0 Å². The topological polar surface area (TPSA) is 75.4 Å². The summed E-state index contributed by atoms with van der Waals surface area (Å²) in [6.07, 6.45) is 3.84. The van der Waals surface area contributed by atoms with Gasteiger partial charge in [-0.25, -0.2) is 0 Å². The Morgan fingerprint density at radius 3 is 2.82 bits per heavy atom. The third kappa shape index (κ3) is 4.00. The molecule has 1 fully saturated rings. The van der Waals surface area contributed by atoms with E-state index in [0.717, 1.165) is 25.7 Å². The number of likely N-dealkylation sites (N-methyl/N-ethyl adjacent to an activating group) is 1. The summed E-state index contributed by atoms with van der Waals surface area (Å²) in [6, 6.07) is -0.126. The van der Waals surface area contributed by atoms with E-state index in [4.69, 9.17) is 5.73 Å². The zero-order chi connectivity index (χ0) is 12.8. The molecular formula is C12H23N3O2. The molecule has 98 valence electrons. The van der Waals surface area contributed by atoms with Crippen LogP contribution in [0.4, 0.5) is 0 Å². The van der Waals surface area contributed by atoms with Gasteiger partial charge in [-0.15, -0.1) is 0 Å². The predicted molar refractivity (Wildman–Crippen MR) is 66.3 cm³/mol. The molecule has 1 rings (SSSR count). The summed E-state index contributed by atoms with van der Waals surface area (Å²) in [5.74, 6) is 0.0276. The van der Waals surface area contributed by atoms with E-state index in [9.17, 15) is 9.59 Å². The van der Waals surface area contributed by atoms with Crippen LogP contribution in [0.5, 0.6) is 0 Å². The van der Waals surface area contributed by atoms with Gasteiger partial charge in [-0.3, -0.25) is 9.59 Å². The van der Waals surface area contributed by atoms with Crippen LogP contribution in [0, 0.1) is 0 Å². The van der Waals surface area contributed by atoms with Crippen molar-refractivity contribution in [1.29, 1.82) is 0 Å². The lowest BCUT2D eigenvalue weighted by molar-refractivity contribution is -0.138. The maximum Gasteiger partial charge on any atom is 0.242 e. The molecule has 1 aliphatic rings. The number of hydrogen-bond acceptors (Lipinski definition) is 3. The molecule has 1 saturated heterocycles. The molecule has 1 aliphatic heterocycles. The summed E-state index contributed by atoms with van der Waals surface area (Å²) in [7, 11) is 1.61. The molecule has 0 saturated carbocycles. The van der Waals surface area contributed by atoms with Gasteiger partial charge >= 0.3 is 0 Å². The Balaban J connectivity index is 2.42. The number of amides is 2. The van der Waals surface area contributed by atoms with Gasteiger partial charge in [0.2, 0.25) is 11.8 Å².